The first-order valence-corrected chi connectivity index (χ1v) is 15.4. The molecule has 0 bridgehead atoms. The van der Waals surface area contributed by atoms with Crippen molar-refractivity contribution in [1.29, 1.82) is 0 Å². The first-order chi connectivity index (χ1) is 17.6. The maximum Gasteiger partial charge on any atom is 0.204 e. The molecule has 3 rings (SSSR count). The Labute approximate surface area is 230 Å². The van der Waals surface area contributed by atoms with Crippen molar-refractivity contribution < 1.29 is 4.79 Å². The molecule has 2 aromatic rings. The molecule has 1 fully saturated rings. The SMILES string of the molecule is CC.CCCCCCCSc1ccc(-c2ccccc2N(C)SC)cc1.CN1CCNCC1.NC=O. The molecule has 5 nitrogen and oxygen atoms in total. The molecule has 1 aliphatic rings. The Bertz CT molecular complexity index is 768. The number of primary amides is 1. The van der Waals surface area contributed by atoms with E-state index in [1.54, 1.807) is 11.9 Å². The number of nitrogens with one attached hydrogen (secondary N) is 1. The molecule has 204 valence electrons. The number of amides is 1. The van der Waals surface area contributed by atoms with Gasteiger partial charge in [0.25, 0.3) is 0 Å². The lowest BCUT2D eigenvalue weighted by Gasteiger charge is -2.21. The average molecular weight is 535 g/mol. The van der Waals surface area contributed by atoms with Gasteiger partial charge in [-0.2, -0.15) is 0 Å². The number of carbonyl (C=O) groups excluding carboxylic acids is 1. The maximum atomic E-state index is 8.58. The van der Waals surface area contributed by atoms with E-state index >= 15 is 0 Å². The van der Waals surface area contributed by atoms with Crippen LogP contribution in [0.1, 0.15) is 52.9 Å². The van der Waals surface area contributed by atoms with Gasteiger partial charge in [-0.05, 0) is 43.0 Å². The number of anilines is 1. The molecule has 2 aromatic carbocycles. The molecule has 36 heavy (non-hydrogen) atoms. The van der Waals surface area contributed by atoms with E-state index in [0.717, 1.165) is 13.1 Å². The molecule has 0 saturated carbocycles. The summed E-state index contributed by atoms with van der Waals surface area (Å²) in [5.74, 6) is 1.23. The monoisotopic (exact) mass is 534 g/mol. The summed E-state index contributed by atoms with van der Waals surface area (Å²) in [6.45, 7) is 11.0. The smallest absolute Gasteiger partial charge is 0.204 e. The minimum absolute atomic E-state index is 0.250. The number of hydrogen-bond acceptors (Lipinski definition) is 6. The van der Waals surface area contributed by atoms with E-state index in [4.69, 9.17) is 4.79 Å². The number of para-hydroxylation sites is 1. The molecule has 0 unspecified atom stereocenters. The predicted molar refractivity (Wildman–Crippen MR) is 165 cm³/mol. The van der Waals surface area contributed by atoms with Gasteiger partial charge in [-0.15, -0.1) is 11.8 Å². The Morgan fingerprint density at radius 3 is 2.11 bits per heavy atom. The topological polar surface area (TPSA) is 61.6 Å². The number of likely N-dealkylation sites (N-methyl/N-ethyl adjacent to an activating group) is 1. The highest BCUT2D eigenvalue weighted by Gasteiger charge is 2.08. The Kier molecular flexibility index (Phi) is 22.6. The maximum absolute atomic E-state index is 8.58. The summed E-state index contributed by atoms with van der Waals surface area (Å²) in [7, 11) is 4.27. The number of hydrogen-bond donors (Lipinski definition) is 2. The zero-order valence-corrected chi connectivity index (χ0v) is 25.1. The Morgan fingerprint density at radius 1 is 1.00 bits per heavy atom. The highest BCUT2D eigenvalue weighted by atomic mass is 32.2. The van der Waals surface area contributed by atoms with Crippen molar-refractivity contribution in [2.24, 2.45) is 5.73 Å². The van der Waals surface area contributed by atoms with Crippen LogP contribution in [0.25, 0.3) is 11.1 Å². The van der Waals surface area contributed by atoms with E-state index in [2.05, 4.69) is 96.1 Å². The lowest BCUT2D eigenvalue weighted by atomic mass is 10.0. The summed E-state index contributed by atoms with van der Waals surface area (Å²) in [6.07, 6.45) is 9.14. The summed E-state index contributed by atoms with van der Waals surface area (Å²) < 4.78 is 2.22. The van der Waals surface area contributed by atoms with Crippen molar-refractivity contribution in [3.05, 3.63) is 48.5 Å². The number of thioether (sulfide) groups is 1. The van der Waals surface area contributed by atoms with Crippen molar-refractivity contribution in [2.45, 2.75) is 57.8 Å². The quantitative estimate of drug-likeness (QED) is 0.152. The van der Waals surface area contributed by atoms with Gasteiger partial charge in [0.1, 0.15) is 0 Å². The number of nitrogens with two attached hydrogens (primary N) is 1. The highest BCUT2D eigenvalue weighted by molar-refractivity contribution is 8.00. The summed E-state index contributed by atoms with van der Waals surface area (Å²) in [5.41, 5.74) is 8.02. The van der Waals surface area contributed by atoms with Crippen molar-refractivity contribution in [3.63, 3.8) is 0 Å². The second-order valence-electron chi connectivity index (χ2n) is 8.17. The lowest BCUT2D eigenvalue weighted by molar-refractivity contribution is -0.106. The molecule has 0 atom stereocenters. The third-order valence-corrected chi connectivity index (χ3v) is 7.38. The minimum atomic E-state index is 0.250. The van der Waals surface area contributed by atoms with Gasteiger partial charge in [-0.3, -0.25) is 4.79 Å². The van der Waals surface area contributed by atoms with Gasteiger partial charge in [0, 0.05) is 49.9 Å². The van der Waals surface area contributed by atoms with Crippen molar-refractivity contribution >= 4 is 35.8 Å². The third-order valence-electron chi connectivity index (χ3n) is 5.54. The van der Waals surface area contributed by atoms with Crippen LogP contribution in [-0.4, -0.2) is 63.6 Å². The van der Waals surface area contributed by atoms with Crippen LogP contribution in [0, 0.1) is 0 Å². The van der Waals surface area contributed by atoms with Gasteiger partial charge in [0.15, 0.2) is 0 Å². The van der Waals surface area contributed by atoms with Crippen LogP contribution in [-0.2, 0) is 4.79 Å². The molecule has 0 spiro atoms. The van der Waals surface area contributed by atoms with Crippen LogP contribution in [0.2, 0.25) is 0 Å². The lowest BCUT2D eigenvalue weighted by Crippen LogP contribution is -2.40. The molecule has 0 radical (unpaired) electrons. The molecule has 0 aliphatic carbocycles. The highest BCUT2D eigenvalue weighted by Crippen LogP contribution is 2.33. The normalized spacial score (nSPS) is 12.6. The van der Waals surface area contributed by atoms with Crippen molar-refractivity contribution in [1.82, 2.24) is 10.2 Å². The van der Waals surface area contributed by atoms with Crippen LogP contribution < -0.4 is 15.4 Å². The fourth-order valence-electron chi connectivity index (χ4n) is 3.49. The molecule has 1 amide bonds. The predicted octanol–water partition coefficient (Wildman–Crippen LogP) is 6.78. The summed E-state index contributed by atoms with van der Waals surface area (Å²) in [4.78, 5) is 12.3. The zero-order valence-electron chi connectivity index (χ0n) is 23.5. The molecule has 3 N–H and O–H groups in total. The second kappa shape index (κ2) is 23.7. The number of nitrogens with zero attached hydrogens (tertiary/aromatic N) is 2. The van der Waals surface area contributed by atoms with Gasteiger partial charge in [-0.25, -0.2) is 0 Å². The molecule has 1 heterocycles. The Hall–Kier alpha value is -1.67. The van der Waals surface area contributed by atoms with E-state index in [-0.39, 0.29) is 6.41 Å². The van der Waals surface area contributed by atoms with E-state index in [1.165, 1.54) is 72.7 Å². The molecular formula is C29H50N4OS2. The number of rotatable bonds is 10. The summed E-state index contributed by atoms with van der Waals surface area (Å²) >= 11 is 3.72. The molecular weight excluding hydrogens is 484 g/mol. The van der Waals surface area contributed by atoms with Gasteiger partial charge < -0.3 is 20.3 Å². The van der Waals surface area contributed by atoms with Gasteiger partial charge in [-0.1, -0.05) is 88.7 Å². The van der Waals surface area contributed by atoms with Crippen molar-refractivity contribution in [3.8, 4) is 11.1 Å². The number of piperazine rings is 1. The van der Waals surface area contributed by atoms with Crippen LogP contribution in [0.4, 0.5) is 5.69 Å². The second-order valence-corrected chi connectivity index (χ2v) is 10.3. The van der Waals surface area contributed by atoms with Crippen LogP contribution in [0.15, 0.2) is 53.4 Å². The van der Waals surface area contributed by atoms with Gasteiger partial charge in [0.05, 0.1) is 5.69 Å². The minimum Gasteiger partial charge on any atom is -0.372 e. The molecule has 1 aliphatic heterocycles. The largest absolute Gasteiger partial charge is 0.372 e. The van der Waals surface area contributed by atoms with E-state index in [0.29, 0.717) is 0 Å². The number of carbonyl (C=O) groups is 1. The standard InChI is InChI=1S/C21H29NS2.C5H12N2.C2H6.CH3NO/c1-4-5-6-7-10-17-24-19-15-13-18(14-16-19)20-11-8-9-12-21(20)22(2)23-3;1-7-4-2-6-3-5-7;1-2;2-1-3/h8-9,11-16H,4-7,10,17H2,1-3H3;6H,2-5H2,1H3;1-2H3;1H,(H2,2,3). The first kappa shape index (κ1) is 34.3. The van der Waals surface area contributed by atoms with E-state index in [9.17, 15) is 0 Å². The Balaban J connectivity index is 0.000000845. The fourth-order valence-corrected chi connectivity index (χ4v) is 4.76. The van der Waals surface area contributed by atoms with Gasteiger partial charge >= 0.3 is 0 Å². The molecule has 0 aromatic heterocycles. The van der Waals surface area contributed by atoms with Gasteiger partial charge in [0.2, 0.25) is 6.41 Å². The molecule has 7 heteroatoms. The fraction of sp³-hybridized carbons (Fsp3) is 0.552. The number of unbranched alkanes of at least 4 members (excludes halogenated alkanes) is 4. The summed E-state index contributed by atoms with van der Waals surface area (Å²) in [6, 6.07) is 17.7. The van der Waals surface area contributed by atoms with Crippen molar-refractivity contribution in [2.75, 3.05) is 56.6 Å². The average Bonchev–Trinajstić information content (AvgIpc) is 2.93. The Morgan fingerprint density at radius 2 is 1.58 bits per heavy atom. The van der Waals surface area contributed by atoms with E-state index < -0.39 is 0 Å². The third kappa shape index (κ3) is 15.4. The molecule has 1 saturated heterocycles. The first-order valence-electron chi connectivity index (χ1n) is 13.2. The van der Waals surface area contributed by atoms with Crippen LogP contribution in [0.3, 0.4) is 0 Å². The van der Waals surface area contributed by atoms with Crippen LogP contribution >= 0.6 is 23.7 Å². The zero-order chi connectivity index (χ0) is 27.0. The summed E-state index contributed by atoms with van der Waals surface area (Å²) in [5, 5.41) is 3.27. The van der Waals surface area contributed by atoms with Crippen LogP contribution in [0.5, 0.6) is 0 Å². The van der Waals surface area contributed by atoms with E-state index in [1.807, 2.05) is 25.6 Å². The number of benzene rings is 2.